The van der Waals surface area contributed by atoms with Crippen LogP contribution in [0.15, 0.2) is 30.5 Å². The van der Waals surface area contributed by atoms with Crippen molar-refractivity contribution in [3.05, 3.63) is 41.7 Å². The molecule has 0 aliphatic carbocycles. The van der Waals surface area contributed by atoms with Crippen molar-refractivity contribution in [3.63, 3.8) is 0 Å². The number of nitrogens with one attached hydrogen (secondary N) is 1. The van der Waals surface area contributed by atoms with Crippen molar-refractivity contribution in [2.24, 2.45) is 0 Å². The average molecular weight is 221 g/mol. The second-order valence-electron chi connectivity index (χ2n) is 3.24. The summed E-state index contributed by atoms with van der Waals surface area (Å²) in [5.74, 6) is 0. The van der Waals surface area contributed by atoms with Crippen molar-refractivity contribution < 1.29 is 4.79 Å². The number of benzene rings is 1. The molecule has 3 nitrogen and oxygen atoms in total. The lowest BCUT2D eigenvalue weighted by atomic mass is 10.1. The number of hydrogen-bond acceptors (Lipinski definition) is 2. The molecule has 1 N–H and O–H groups in total. The van der Waals surface area contributed by atoms with Crippen LogP contribution in [0.5, 0.6) is 0 Å². The Kier molecular flexibility index (Phi) is 2.56. The molecule has 76 valence electrons. The molecule has 0 aliphatic rings. The Morgan fingerprint density at radius 1 is 1.33 bits per heavy atom. The predicted molar refractivity (Wildman–Crippen MR) is 58.9 cm³/mol. The zero-order valence-corrected chi connectivity index (χ0v) is 8.88. The Bertz CT molecular complexity index is 488. The molecule has 15 heavy (non-hydrogen) atoms. The van der Waals surface area contributed by atoms with E-state index in [1.54, 1.807) is 12.1 Å². The molecule has 0 unspecified atom stereocenters. The van der Waals surface area contributed by atoms with Crippen LogP contribution >= 0.6 is 11.6 Å². The molecule has 0 saturated carbocycles. The Morgan fingerprint density at radius 3 is 2.47 bits per heavy atom. The number of aromatic amines is 1. The monoisotopic (exact) mass is 220 g/mol. The molecule has 0 spiro atoms. The summed E-state index contributed by atoms with van der Waals surface area (Å²) in [5.41, 5.74) is 3.48. The number of carbonyl (C=O) groups is 1. The fourth-order valence-electron chi connectivity index (χ4n) is 1.43. The Balaban J connectivity index is 2.40. The molecule has 0 saturated heterocycles. The topological polar surface area (TPSA) is 45.8 Å². The lowest BCUT2D eigenvalue weighted by Gasteiger charge is -1.99. The smallest absolute Gasteiger partial charge is 0.252 e. The highest BCUT2D eigenvalue weighted by atomic mass is 35.5. The largest absolute Gasteiger partial charge is 0.285 e. The highest BCUT2D eigenvalue weighted by Crippen LogP contribution is 2.21. The molecule has 0 aliphatic heterocycles. The summed E-state index contributed by atoms with van der Waals surface area (Å²) in [6.45, 7) is 1.92. The second kappa shape index (κ2) is 3.87. The average Bonchev–Trinajstić information content (AvgIpc) is 2.65. The van der Waals surface area contributed by atoms with E-state index in [4.69, 9.17) is 11.6 Å². The van der Waals surface area contributed by atoms with Gasteiger partial charge in [0.1, 0.15) is 0 Å². The lowest BCUT2D eigenvalue weighted by Crippen LogP contribution is -1.87. The molecular formula is C11H9ClN2O. The third-order valence-electron chi connectivity index (χ3n) is 2.25. The van der Waals surface area contributed by atoms with E-state index in [1.165, 1.54) is 0 Å². The van der Waals surface area contributed by atoms with Crippen LogP contribution in [-0.2, 0) is 0 Å². The molecule has 2 rings (SSSR count). The maximum atomic E-state index is 10.9. The number of aromatic nitrogens is 2. The van der Waals surface area contributed by atoms with Gasteiger partial charge in [0.25, 0.3) is 5.24 Å². The minimum Gasteiger partial charge on any atom is -0.285 e. The SMILES string of the molecule is Cc1n[nH]cc1-c1ccc(C(=O)Cl)cc1. The first-order valence-electron chi connectivity index (χ1n) is 4.49. The van der Waals surface area contributed by atoms with Crippen LogP contribution in [0.3, 0.4) is 0 Å². The zero-order chi connectivity index (χ0) is 10.8. The maximum Gasteiger partial charge on any atom is 0.252 e. The molecule has 4 heteroatoms. The summed E-state index contributed by atoms with van der Waals surface area (Å²) < 4.78 is 0. The Morgan fingerprint density at radius 2 is 2.00 bits per heavy atom. The molecular weight excluding hydrogens is 212 g/mol. The molecule has 2 aromatic rings. The van der Waals surface area contributed by atoms with Crippen molar-refractivity contribution in [2.75, 3.05) is 0 Å². The Hall–Kier alpha value is -1.61. The first kappa shape index (κ1) is 9.93. The van der Waals surface area contributed by atoms with E-state index < -0.39 is 5.24 Å². The number of halogens is 1. The molecule has 0 amide bonds. The fourth-order valence-corrected chi connectivity index (χ4v) is 1.56. The first-order chi connectivity index (χ1) is 7.18. The van der Waals surface area contributed by atoms with E-state index in [0.717, 1.165) is 16.8 Å². The third kappa shape index (κ3) is 1.92. The number of rotatable bonds is 2. The highest BCUT2D eigenvalue weighted by molar-refractivity contribution is 6.67. The van der Waals surface area contributed by atoms with Gasteiger partial charge in [0.15, 0.2) is 0 Å². The van der Waals surface area contributed by atoms with Crippen LogP contribution in [0.4, 0.5) is 0 Å². The summed E-state index contributed by atoms with van der Waals surface area (Å²) in [5, 5.41) is 6.38. The summed E-state index contributed by atoms with van der Waals surface area (Å²) in [7, 11) is 0. The quantitative estimate of drug-likeness (QED) is 0.791. The summed E-state index contributed by atoms with van der Waals surface area (Å²) in [4.78, 5) is 10.9. The molecule has 0 radical (unpaired) electrons. The van der Waals surface area contributed by atoms with E-state index in [9.17, 15) is 4.79 Å². The molecule has 0 fully saturated rings. The van der Waals surface area contributed by atoms with Gasteiger partial charge in [0.2, 0.25) is 0 Å². The number of carbonyl (C=O) groups excluding carboxylic acids is 1. The van der Waals surface area contributed by atoms with Crippen LogP contribution in [0.1, 0.15) is 16.1 Å². The Labute approximate surface area is 92.1 Å². The minimum atomic E-state index is -0.439. The molecule has 0 bridgehead atoms. The van der Waals surface area contributed by atoms with E-state index in [1.807, 2.05) is 25.3 Å². The zero-order valence-electron chi connectivity index (χ0n) is 8.12. The highest BCUT2D eigenvalue weighted by Gasteiger charge is 2.05. The van der Waals surface area contributed by atoms with Gasteiger partial charge < -0.3 is 0 Å². The number of aryl methyl sites for hydroxylation is 1. The van der Waals surface area contributed by atoms with Crippen LogP contribution in [0.2, 0.25) is 0 Å². The minimum absolute atomic E-state index is 0.439. The molecule has 1 aromatic carbocycles. The van der Waals surface area contributed by atoms with Crippen molar-refractivity contribution in [3.8, 4) is 11.1 Å². The standard InChI is InChI=1S/C11H9ClN2O/c1-7-10(6-13-14-7)8-2-4-9(5-3-8)11(12)15/h2-6H,1H3,(H,13,14). The van der Waals surface area contributed by atoms with Crippen LogP contribution in [0, 0.1) is 6.92 Å². The fraction of sp³-hybridized carbons (Fsp3) is 0.0909. The van der Waals surface area contributed by atoms with E-state index in [0.29, 0.717) is 5.56 Å². The van der Waals surface area contributed by atoms with Crippen molar-refractivity contribution in [1.82, 2.24) is 10.2 Å². The molecule has 0 atom stereocenters. The van der Waals surface area contributed by atoms with Gasteiger partial charge in [0.05, 0.1) is 5.69 Å². The maximum absolute atomic E-state index is 10.9. The normalized spacial score (nSPS) is 10.3. The van der Waals surface area contributed by atoms with Gasteiger partial charge in [-0.1, -0.05) is 12.1 Å². The van der Waals surface area contributed by atoms with Gasteiger partial charge in [-0.25, -0.2) is 0 Å². The van der Waals surface area contributed by atoms with Crippen molar-refractivity contribution in [1.29, 1.82) is 0 Å². The summed E-state index contributed by atoms with van der Waals surface area (Å²) in [6.07, 6.45) is 1.83. The first-order valence-corrected chi connectivity index (χ1v) is 4.87. The van der Waals surface area contributed by atoms with Gasteiger partial charge in [0, 0.05) is 17.3 Å². The van der Waals surface area contributed by atoms with E-state index in [-0.39, 0.29) is 0 Å². The summed E-state index contributed by atoms with van der Waals surface area (Å²) >= 11 is 5.35. The second-order valence-corrected chi connectivity index (χ2v) is 3.58. The van der Waals surface area contributed by atoms with Gasteiger partial charge in [-0.15, -0.1) is 0 Å². The summed E-state index contributed by atoms with van der Waals surface area (Å²) in [6, 6.07) is 7.12. The van der Waals surface area contributed by atoms with Crippen molar-refractivity contribution in [2.45, 2.75) is 6.92 Å². The predicted octanol–water partition coefficient (Wildman–Crippen LogP) is 2.76. The molecule has 1 aromatic heterocycles. The van der Waals surface area contributed by atoms with E-state index >= 15 is 0 Å². The number of H-pyrrole nitrogens is 1. The van der Waals surface area contributed by atoms with Gasteiger partial charge in [-0.2, -0.15) is 5.10 Å². The van der Waals surface area contributed by atoms with Gasteiger partial charge in [-0.05, 0) is 36.2 Å². The van der Waals surface area contributed by atoms with Crippen LogP contribution < -0.4 is 0 Å². The number of nitrogens with zero attached hydrogens (tertiary/aromatic N) is 1. The van der Waals surface area contributed by atoms with Gasteiger partial charge in [-0.3, -0.25) is 9.89 Å². The van der Waals surface area contributed by atoms with Crippen molar-refractivity contribution >= 4 is 16.8 Å². The third-order valence-corrected chi connectivity index (χ3v) is 2.47. The lowest BCUT2D eigenvalue weighted by molar-refractivity contribution is 0.108. The van der Waals surface area contributed by atoms with Crippen LogP contribution in [-0.4, -0.2) is 15.4 Å². The number of hydrogen-bond donors (Lipinski definition) is 1. The molecule has 1 heterocycles. The van der Waals surface area contributed by atoms with Crippen LogP contribution in [0.25, 0.3) is 11.1 Å². The van der Waals surface area contributed by atoms with E-state index in [2.05, 4.69) is 10.2 Å². The van der Waals surface area contributed by atoms with Gasteiger partial charge >= 0.3 is 0 Å².